The minimum absolute atomic E-state index is 0.0539. The normalized spacial score (nSPS) is 15.4. The Morgan fingerprint density at radius 2 is 2.00 bits per heavy atom. The number of rotatable bonds is 4. The van der Waals surface area contributed by atoms with E-state index in [9.17, 15) is 8.42 Å². The summed E-state index contributed by atoms with van der Waals surface area (Å²) >= 11 is 1.28. The van der Waals surface area contributed by atoms with Crippen molar-refractivity contribution in [2.24, 2.45) is 0 Å². The first kappa shape index (κ1) is 12.4. The number of para-hydroxylation sites is 1. The van der Waals surface area contributed by atoms with Crippen LogP contribution in [0.15, 0.2) is 29.2 Å². The molecular formula is C11H12N4O2S2. The molecule has 0 aliphatic heterocycles. The zero-order valence-corrected chi connectivity index (χ0v) is 11.5. The van der Waals surface area contributed by atoms with Crippen molar-refractivity contribution < 1.29 is 8.42 Å². The minimum atomic E-state index is -3.70. The average molecular weight is 296 g/mol. The zero-order chi connectivity index (χ0) is 13.5. The number of benzene rings is 1. The highest BCUT2D eigenvalue weighted by Crippen LogP contribution is 2.42. The van der Waals surface area contributed by atoms with Crippen LogP contribution in [0.3, 0.4) is 0 Å². The maximum absolute atomic E-state index is 12.2. The van der Waals surface area contributed by atoms with Gasteiger partial charge in [0.1, 0.15) is 9.90 Å². The van der Waals surface area contributed by atoms with E-state index in [1.807, 2.05) is 0 Å². The molecule has 1 aliphatic carbocycles. The third kappa shape index (κ3) is 2.54. The lowest BCUT2D eigenvalue weighted by Crippen LogP contribution is -2.14. The lowest BCUT2D eigenvalue weighted by molar-refractivity contribution is 0.601. The third-order valence-electron chi connectivity index (χ3n) is 2.80. The van der Waals surface area contributed by atoms with Gasteiger partial charge in [0, 0.05) is 5.92 Å². The van der Waals surface area contributed by atoms with Crippen molar-refractivity contribution in [3.05, 3.63) is 29.3 Å². The molecule has 0 saturated heterocycles. The number of hydrogen-bond acceptors (Lipinski definition) is 6. The van der Waals surface area contributed by atoms with E-state index in [1.54, 1.807) is 18.2 Å². The Hall–Kier alpha value is -1.67. The number of nitrogens with zero attached hydrogens (tertiary/aromatic N) is 2. The second-order valence-corrected chi connectivity index (χ2v) is 7.02. The molecule has 0 bridgehead atoms. The minimum Gasteiger partial charge on any atom is -0.398 e. The van der Waals surface area contributed by atoms with Crippen LogP contribution in [0.2, 0.25) is 0 Å². The van der Waals surface area contributed by atoms with Gasteiger partial charge in [-0.05, 0) is 25.0 Å². The predicted octanol–water partition coefficient (Wildman–Crippen LogP) is 1.80. The Labute approximate surface area is 114 Å². The van der Waals surface area contributed by atoms with Gasteiger partial charge in [-0.25, -0.2) is 8.42 Å². The van der Waals surface area contributed by atoms with Crippen LogP contribution in [0.25, 0.3) is 0 Å². The van der Waals surface area contributed by atoms with Crippen LogP contribution >= 0.6 is 11.3 Å². The maximum atomic E-state index is 12.2. The average Bonchev–Trinajstić information content (AvgIpc) is 3.11. The Morgan fingerprint density at radius 1 is 1.26 bits per heavy atom. The fourth-order valence-corrected chi connectivity index (χ4v) is 3.94. The van der Waals surface area contributed by atoms with Crippen LogP contribution in [-0.4, -0.2) is 18.6 Å². The van der Waals surface area contributed by atoms with Crippen LogP contribution in [0.1, 0.15) is 23.8 Å². The first-order chi connectivity index (χ1) is 9.06. The summed E-state index contributed by atoms with van der Waals surface area (Å²) in [5.74, 6) is 0.456. The molecule has 100 valence electrons. The van der Waals surface area contributed by atoms with Crippen molar-refractivity contribution in [2.75, 3.05) is 10.5 Å². The molecule has 6 nitrogen and oxygen atoms in total. The second-order valence-electron chi connectivity index (χ2n) is 4.36. The summed E-state index contributed by atoms with van der Waals surface area (Å²) in [6.45, 7) is 0. The summed E-state index contributed by atoms with van der Waals surface area (Å²) in [6, 6.07) is 6.32. The van der Waals surface area contributed by atoms with Gasteiger partial charge in [-0.1, -0.05) is 23.5 Å². The molecule has 1 saturated carbocycles. The van der Waals surface area contributed by atoms with E-state index in [2.05, 4.69) is 14.9 Å². The number of nitrogens with two attached hydrogens (primary N) is 1. The standard InChI is InChI=1S/C11H12N4O2S2/c12-8-3-1-2-4-9(8)19(16,17)15-11-14-13-10(18-11)7-5-6-7/h1-4,7H,5-6,12H2,(H,14,15). The fourth-order valence-electron chi connectivity index (χ4n) is 1.67. The highest BCUT2D eigenvalue weighted by Gasteiger charge is 2.28. The van der Waals surface area contributed by atoms with Crippen molar-refractivity contribution in [3.8, 4) is 0 Å². The Bertz CT molecular complexity index is 707. The molecule has 3 N–H and O–H groups in total. The molecule has 3 rings (SSSR count). The van der Waals surface area contributed by atoms with E-state index in [0.717, 1.165) is 17.8 Å². The second kappa shape index (κ2) is 4.46. The SMILES string of the molecule is Nc1ccccc1S(=O)(=O)Nc1nnc(C2CC2)s1. The van der Waals surface area contributed by atoms with Crippen LogP contribution in [0.4, 0.5) is 10.8 Å². The molecule has 1 aromatic carbocycles. The highest BCUT2D eigenvalue weighted by atomic mass is 32.2. The van der Waals surface area contributed by atoms with Crippen molar-refractivity contribution in [2.45, 2.75) is 23.7 Å². The van der Waals surface area contributed by atoms with Crippen molar-refractivity contribution >= 4 is 32.2 Å². The molecule has 1 aromatic heterocycles. The number of nitrogen functional groups attached to an aromatic ring is 1. The largest absolute Gasteiger partial charge is 0.398 e. The summed E-state index contributed by atoms with van der Waals surface area (Å²) in [5.41, 5.74) is 5.88. The molecule has 0 spiro atoms. The quantitative estimate of drug-likeness (QED) is 0.838. The number of anilines is 2. The number of aromatic nitrogens is 2. The van der Waals surface area contributed by atoms with Gasteiger partial charge in [-0.2, -0.15) is 0 Å². The van der Waals surface area contributed by atoms with E-state index in [1.165, 1.54) is 17.4 Å². The molecule has 1 aliphatic rings. The Balaban J connectivity index is 1.86. The monoisotopic (exact) mass is 296 g/mol. The lowest BCUT2D eigenvalue weighted by Gasteiger charge is -2.06. The van der Waals surface area contributed by atoms with E-state index in [0.29, 0.717) is 5.92 Å². The van der Waals surface area contributed by atoms with Crippen LogP contribution < -0.4 is 10.5 Å². The van der Waals surface area contributed by atoms with Crippen molar-refractivity contribution in [1.82, 2.24) is 10.2 Å². The first-order valence-corrected chi connectivity index (χ1v) is 8.07. The first-order valence-electron chi connectivity index (χ1n) is 5.77. The third-order valence-corrected chi connectivity index (χ3v) is 5.34. The van der Waals surface area contributed by atoms with Crippen LogP contribution in [-0.2, 0) is 10.0 Å². The zero-order valence-electron chi connectivity index (χ0n) is 9.91. The van der Waals surface area contributed by atoms with E-state index < -0.39 is 10.0 Å². The van der Waals surface area contributed by atoms with Crippen LogP contribution in [0, 0.1) is 0 Å². The summed E-state index contributed by atoms with van der Waals surface area (Å²) in [5, 5.41) is 9.01. The summed E-state index contributed by atoms with van der Waals surface area (Å²) < 4.78 is 26.7. The molecular weight excluding hydrogens is 284 g/mol. The summed E-state index contributed by atoms with van der Waals surface area (Å²) in [6.07, 6.45) is 2.21. The van der Waals surface area contributed by atoms with Gasteiger partial charge in [0.25, 0.3) is 10.0 Å². The molecule has 1 heterocycles. The molecule has 8 heteroatoms. The predicted molar refractivity (Wildman–Crippen MR) is 73.5 cm³/mol. The molecule has 0 amide bonds. The summed E-state index contributed by atoms with van der Waals surface area (Å²) in [4.78, 5) is 0.0539. The highest BCUT2D eigenvalue weighted by molar-refractivity contribution is 7.93. The number of hydrogen-bond donors (Lipinski definition) is 2. The van der Waals surface area contributed by atoms with Gasteiger partial charge in [0.05, 0.1) is 5.69 Å². The number of nitrogens with one attached hydrogen (secondary N) is 1. The topological polar surface area (TPSA) is 98.0 Å². The Kier molecular flexibility index (Phi) is 2.90. The van der Waals surface area contributed by atoms with Gasteiger partial charge >= 0.3 is 0 Å². The smallest absolute Gasteiger partial charge is 0.265 e. The maximum Gasteiger partial charge on any atom is 0.265 e. The van der Waals surface area contributed by atoms with Gasteiger partial charge in [-0.15, -0.1) is 10.2 Å². The molecule has 1 fully saturated rings. The lowest BCUT2D eigenvalue weighted by atomic mass is 10.3. The summed E-state index contributed by atoms with van der Waals surface area (Å²) in [7, 11) is -3.70. The molecule has 2 aromatic rings. The van der Waals surface area contributed by atoms with E-state index >= 15 is 0 Å². The molecule has 0 unspecified atom stereocenters. The van der Waals surface area contributed by atoms with Crippen molar-refractivity contribution in [3.63, 3.8) is 0 Å². The van der Waals surface area contributed by atoms with Gasteiger partial charge in [-0.3, -0.25) is 4.72 Å². The van der Waals surface area contributed by atoms with Gasteiger partial charge in [0.2, 0.25) is 5.13 Å². The molecule has 0 radical (unpaired) electrons. The van der Waals surface area contributed by atoms with Crippen molar-refractivity contribution in [1.29, 1.82) is 0 Å². The number of sulfonamides is 1. The molecule has 0 atom stereocenters. The van der Waals surface area contributed by atoms with E-state index in [-0.39, 0.29) is 15.7 Å². The Morgan fingerprint density at radius 3 is 2.68 bits per heavy atom. The molecule has 19 heavy (non-hydrogen) atoms. The van der Waals surface area contributed by atoms with Gasteiger partial charge < -0.3 is 5.73 Å². The van der Waals surface area contributed by atoms with Gasteiger partial charge in [0.15, 0.2) is 0 Å². The van der Waals surface area contributed by atoms with E-state index in [4.69, 9.17) is 5.73 Å². The van der Waals surface area contributed by atoms with Crippen LogP contribution in [0.5, 0.6) is 0 Å². The fraction of sp³-hybridized carbons (Fsp3) is 0.273.